The van der Waals surface area contributed by atoms with Crippen LogP contribution in [0.25, 0.3) is 0 Å². The zero-order chi connectivity index (χ0) is 24.5. The molecule has 184 valence electrons. The Morgan fingerprint density at radius 3 is 2.85 bits per heavy atom. The third kappa shape index (κ3) is 7.57. The van der Waals surface area contributed by atoms with Crippen LogP contribution < -0.4 is 10.6 Å². The molecular weight excluding hydrogens is 462 g/mol. The Labute approximate surface area is 201 Å². The van der Waals surface area contributed by atoms with Gasteiger partial charge in [0.25, 0.3) is 11.8 Å². The van der Waals surface area contributed by atoms with E-state index in [1.165, 1.54) is 25.1 Å². The summed E-state index contributed by atoms with van der Waals surface area (Å²) in [5.74, 6) is -1.20. The highest BCUT2D eigenvalue weighted by Crippen LogP contribution is 2.22. The molecule has 1 aromatic rings. The molecule has 3 rings (SSSR count). The molecule has 34 heavy (non-hydrogen) atoms. The lowest BCUT2D eigenvalue weighted by Crippen LogP contribution is -2.44. The topological polar surface area (TPSA) is 140 Å². The summed E-state index contributed by atoms with van der Waals surface area (Å²) in [5.41, 5.74) is -0.0239. The molecule has 1 aromatic heterocycles. The molecule has 0 saturated heterocycles. The number of nitrogens with one attached hydrogen (secondary N) is 2. The van der Waals surface area contributed by atoms with Crippen LogP contribution in [0.15, 0.2) is 46.0 Å². The van der Waals surface area contributed by atoms with Gasteiger partial charge in [-0.2, -0.15) is 0 Å². The second-order valence-corrected chi connectivity index (χ2v) is 8.97. The first kappa shape index (κ1) is 25.7. The van der Waals surface area contributed by atoms with Gasteiger partial charge in [0.1, 0.15) is 18.4 Å². The standard InChI is InChI=1S/C23H29N3O7S/c1-14-7-8-19-22(29)24-9-5-3-4-6-16(31-2)10-15(27)11-20-25-17(12-32-20)21(28)26-18(13-34-19)23(30)33-14/h3-6,8,12,14-16,18,27H,7,9-11,13H2,1-2H3,(H,24,29)(H,26,28)/b5-3+,6-4?,19-8-/t14-,15-,16-,18-/m1/s1. The van der Waals surface area contributed by atoms with Crippen molar-refractivity contribution >= 4 is 29.5 Å². The predicted octanol–water partition coefficient (Wildman–Crippen LogP) is 1.28. The minimum atomic E-state index is -0.988. The van der Waals surface area contributed by atoms with E-state index in [1.54, 1.807) is 37.3 Å². The van der Waals surface area contributed by atoms with Crippen LogP contribution in [0.5, 0.6) is 0 Å². The van der Waals surface area contributed by atoms with Crippen LogP contribution in [0.2, 0.25) is 0 Å². The van der Waals surface area contributed by atoms with Crippen LogP contribution in [0.3, 0.4) is 0 Å². The number of fused-ring (bicyclic) bond motifs is 5. The Morgan fingerprint density at radius 2 is 2.06 bits per heavy atom. The molecule has 2 aliphatic rings. The molecule has 0 spiro atoms. The Morgan fingerprint density at radius 1 is 1.24 bits per heavy atom. The van der Waals surface area contributed by atoms with E-state index in [0.29, 0.717) is 24.3 Å². The molecule has 11 heteroatoms. The van der Waals surface area contributed by atoms with Gasteiger partial charge in [0.05, 0.1) is 23.5 Å². The Hall–Kier alpha value is -2.89. The van der Waals surface area contributed by atoms with Crippen molar-refractivity contribution < 1.29 is 33.4 Å². The fourth-order valence-corrected chi connectivity index (χ4v) is 4.26. The number of esters is 1. The van der Waals surface area contributed by atoms with E-state index in [1.807, 2.05) is 0 Å². The number of rotatable bonds is 1. The summed E-state index contributed by atoms with van der Waals surface area (Å²) in [5, 5.41) is 15.8. The number of cyclic esters (lactones) is 1. The minimum absolute atomic E-state index is 0.0239. The van der Waals surface area contributed by atoms with Gasteiger partial charge >= 0.3 is 5.97 Å². The molecule has 0 saturated carbocycles. The second kappa shape index (κ2) is 12.5. The van der Waals surface area contributed by atoms with Crippen LogP contribution in [-0.2, 0) is 25.5 Å². The number of allylic oxidation sites excluding steroid dienone is 2. The van der Waals surface area contributed by atoms with Crippen molar-refractivity contribution in [3.8, 4) is 0 Å². The summed E-state index contributed by atoms with van der Waals surface area (Å²) < 4.78 is 16.1. The fourth-order valence-electron chi connectivity index (χ4n) is 3.28. The van der Waals surface area contributed by atoms with Gasteiger partial charge in [0.15, 0.2) is 11.6 Å². The monoisotopic (exact) mass is 491 g/mol. The Balaban J connectivity index is 1.84. The number of oxazole rings is 1. The molecule has 0 aromatic carbocycles. The highest BCUT2D eigenvalue weighted by atomic mass is 32.2. The number of amides is 2. The zero-order valence-electron chi connectivity index (χ0n) is 19.1. The number of carbonyl (C=O) groups is 3. The summed E-state index contributed by atoms with van der Waals surface area (Å²) in [6.07, 6.45) is 9.17. The molecule has 0 aliphatic carbocycles. The van der Waals surface area contributed by atoms with Gasteiger partial charge in [-0.25, -0.2) is 9.78 Å². The lowest BCUT2D eigenvalue weighted by molar-refractivity contribution is -0.149. The normalized spacial score (nSPS) is 30.0. The minimum Gasteiger partial charge on any atom is -0.461 e. The van der Waals surface area contributed by atoms with Crippen LogP contribution in [-0.4, -0.2) is 71.6 Å². The second-order valence-electron chi connectivity index (χ2n) is 7.91. The van der Waals surface area contributed by atoms with Gasteiger partial charge < -0.3 is 29.6 Å². The smallest absolute Gasteiger partial charge is 0.329 e. The largest absolute Gasteiger partial charge is 0.461 e. The first-order valence-electron chi connectivity index (χ1n) is 11.0. The van der Waals surface area contributed by atoms with E-state index in [0.717, 1.165) is 0 Å². The van der Waals surface area contributed by atoms with E-state index < -0.39 is 30.1 Å². The number of thioether (sulfide) groups is 1. The number of carbonyl (C=O) groups excluding carboxylic acids is 3. The van der Waals surface area contributed by atoms with Gasteiger partial charge in [-0.05, 0) is 6.92 Å². The molecule has 0 fully saturated rings. The van der Waals surface area contributed by atoms with Crippen LogP contribution >= 0.6 is 11.8 Å². The average molecular weight is 492 g/mol. The van der Waals surface area contributed by atoms with E-state index in [-0.39, 0.29) is 35.8 Å². The van der Waals surface area contributed by atoms with Gasteiger partial charge in [-0.1, -0.05) is 30.4 Å². The number of aromatic nitrogens is 1. The van der Waals surface area contributed by atoms with Crippen LogP contribution in [0.4, 0.5) is 0 Å². The zero-order valence-corrected chi connectivity index (χ0v) is 19.9. The highest BCUT2D eigenvalue weighted by molar-refractivity contribution is 8.04. The van der Waals surface area contributed by atoms with Crippen LogP contribution in [0.1, 0.15) is 36.1 Å². The number of ether oxygens (including phenoxy) is 2. The SMILES string of the molecule is CO[C@@H]1C=C/C=C/CNC(=O)/C2=C/C[C@@H](C)OC(=O)[C@@H](CS2)NC(=O)c2coc(n2)C[C@H](O)C1. The molecule has 2 aliphatic heterocycles. The number of hydrogen-bond donors (Lipinski definition) is 3. The van der Waals surface area contributed by atoms with Gasteiger partial charge in [0.2, 0.25) is 0 Å². The van der Waals surface area contributed by atoms with Gasteiger partial charge in [-0.15, -0.1) is 11.8 Å². The molecular formula is C23H29N3O7S. The van der Waals surface area contributed by atoms with E-state index in [4.69, 9.17) is 13.9 Å². The third-order valence-electron chi connectivity index (χ3n) is 5.13. The molecule has 10 nitrogen and oxygen atoms in total. The van der Waals surface area contributed by atoms with E-state index in [9.17, 15) is 19.5 Å². The molecule has 3 N–H and O–H groups in total. The molecule has 3 heterocycles. The summed E-state index contributed by atoms with van der Waals surface area (Å²) in [6, 6.07) is -0.988. The molecule has 2 amide bonds. The molecule has 4 bridgehead atoms. The first-order chi connectivity index (χ1) is 16.4. The van der Waals surface area contributed by atoms with Gasteiger partial charge in [-0.3, -0.25) is 9.59 Å². The molecule has 4 atom stereocenters. The van der Waals surface area contributed by atoms with Crippen molar-refractivity contribution in [2.75, 3.05) is 19.4 Å². The number of methoxy groups -OCH3 is 1. The molecule has 0 radical (unpaired) electrons. The third-order valence-corrected chi connectivity index (χ3v) is 6.29. The lowest BCUT2D eigenvalue weighted by Gasteiger charge is -2.18. The summed E-state index contributed by atoms with van der Waals surface area (Å²) in [4.78, 5) is 42.5. The number of hydrogen-bond acceptors (Lipinski definition) is 9. The first-order valence-corrected chi connectivity index (χ1v) is 12.0. The van der Waals surface area contributed by atoms with E-state index in [2.05, 4.69) is 15.6 Å². The van der Waals surface area contributed by atoms with Gasteiger partial charge in [0, 0.05) is 32.2 Å². The average Bonchev–Trinajstić information content (AvgIpc) is 3.28. The maximum atomic E-state index is 12.7. The summed E-state index contributed by atoms with van der Waals surface area (Å²) in [7, 11) is 1.54. The van der Waals surface area contributed by atoms with Crippen molar-refractivity contribution in [1.29, 1.82) is 0 Å². The number of nitrogens with zero attached hydrogens (tertiary/aromatic N) is 1. The van der Waals surface area contributed by atoms with Crippen molar-refractivity contribution in [1.82, 2.24) is 15.6 Å². The maximum absolute atomic E-state index is 12.7. The number of aliphatic hydroxyl groups is 1. The van der Waals surface area contributed by atoms with Crippen LogP contribution in [0, 0.1) is 0 Å². The highest BCUT2D eigenvalue weighted by Gasteiger charge is 2.28. The lowest BCUT2D eigenvalue weighted by atomic mass is 10.1. The predicted molar refractivity (Wildman–Crippen MR) is 125 cm³/mol. The summed E-state index contributed by atoms with van der Waals surface area (Å²) in [6.45, 7) is 2.02. The maximum Gasteiger partial charge on any atom is 0.329 e. The quantitative estimate of drug-likeness (QED) is 0.496. The van der Waals surface area contributed by atoms with Crippen molar-refractivity contribution in [2.24, 2.45) is 0 Å². The molecule has 0 unspecified atom stereocenters. The van der Waals surface area contributed by atoms with E-state index >= 15 is 0 Å². The fraction of sp³-hybridized carbons (Fsp3) is 0.478. The Bertz CT molecular complexity index is 972. The van der Waals surface area contributed by atoms with Crippen molar-refractivity contribution in [3.05, 3.63) is 53.1 Å². The Kier molecular flexibility index (Phi) is 9.49. The summed E-state index contributed by atoms with van der Waals surface area (Å²) >= 11 is 1.17. The van der Waals surface area contributed by atoms with Crippen molar-refractivity contribution in [2.45, 2.75) is 50.5 Å². The van der Waals surface area contributed by atoms with Crippen molar-refractivity contribution in [3.63, 3.8) is 0 Å². The number of aliphatic hydroxyl groups excluding tert-OH is 1.